The first-order chi connectivity index (χ1) is 6.57. The Kier molecular flexibility index (Phi) is 7.06. The second-order valence-corrected chi connectivity index (χ2v) is 2.89. The van der Waals surface area contributed by atoms with Gasteiger partial charge in [-0.1, -0.05) is 13.5 Å². The molecule has 14 heavy (non-hydrogen) atoms. The molecule has 0 saturated carbocycles. The van der Waals surface area contributed by atoms with Gasteiger partial charge < -0.3 is 14.6 Å². The van der Waals surface area contributed by atoms with Crippen molar-refractivity contribution < 1.29 is 19.4 Å². The molecular formula is C10H17O4. The molecule has 81 valence electrons. The molecule has 0 saturated heterocycles. The molecule has 0 aromatic rings. The van der Waals surface area contributed by atoms with Crippen molar-refractivity contribution >= 4 is 5.97 Å². The fourth-order valence-electron chi connectivity index (χ4n) is 0.671. The fraction of sp³-hybridized carbons (Fsp3) is 0.600. The van der Waals surface area contributed by atoms with Gasteiger partial charge in [0.1, 0.15) is 0 Å². The predicted molar refractivity (Wildman–Crippen MR) is 52.3 cm³/mol. The van der Waals surface area contributed by atoms with Crippen molar-refractivity contribution in [2.75, 3.05) is 13.2 Å². The Bertz CT molecular complexity index is 189. The van der Waals surface area contributed by atoms with Crippen LogP contribution in [-0.2, 0) is 14.3 Å². The summed E-state index contributed by atoms with van der Waals surface area (Å²) in [6, 6.07) is 0. The van der Waals surface area contributed by atoms with Gasteiger partial charge in [0, 0.05) is 18.6 Å². The largest absolute Gasteiger partial charge is 0.433 e. The molecule has 1 atom stereocenters. The summed E-state index contributed by atoms with van der Waals surface area (Å²) in [6.07, 6.45) is -0.176. The van der Waals surface area contributed by atoms with Crippen LogP contribution in [0.2, 0.25) is 0 Å². The first kappa shape index (κ1) is 13.1. The Balaban J connectivity index is 3.50. The molecule has 0 aromatic heterocycles. The van der Waals surface area contributed by atoms with Crippen molar-refractivity contribution in [3.05, 3.63) is 19.1 Å². The highest BCUT2D eigenvalue weighted by Gasteiger charge is 2.10. The van der Waals surface area contributed by atoms with Crippen molar-refractivity contribution in [2.24, 2.45) is 0 Å². The predicted octanol–water partition coefficient (Wildman–Crippen LogP) is 1.05. The fourth-order valence-corrected chi connectivity index (χ4v) is 0.671. The van der Waals surface area contributed by atoms with Gasteiger partial charge in [-0.05, 0) is 13.3 Å². The van der Waals surface area contributed by atoms with Crippen molar-refractivity contribution in [2.45, 2.75) is 26.1 Å². The molecule has 1 radical (unpaired) electrons. The van der Waals surface area contributed by atoms with Crippen LogP contribution in [0, 0.1) is 6.92 Å². The average molecular weight is 201 g/mol. The maximum atomic E-state index is 10.9. The van der Waals surface area contributed by atoms with Crippen LogP contribution in [0.3, 0.4) is 0 Å². The second-order valence-electron chi connectivity index (χ2n) is 2.89. The summed E-state index contributed by atoms with van der Waals surface area (Å²) in [5, 5.41) is 9.19. The van der Waals surface area contributed by atoms with Crippen LogP contribution in [0.15, 0.2) is 12.2 Å². The van der Waals surface area contributed by atoms with Crippen molar-refractivity contribution in [1.29, 1.82) is 0 Å². The lowest BCUT2D eigenvalue weighted by atomic mass is 10.3. The second kappa shape index (κ2) is 7.53. The van der Waals surface area contributed by atoms with E-state index >= 15 is 0 Å². The van der Waals surface area contributed by atoms with E-state index in [-0.39, 0.29) is 12.0 Å². The van der Waals surface area contributed by atoms with Crippen LogP contribution in [0.25, 0.3) is 0 Å². The lowest BCUT2D eigenvalue weighted by molar-refractivity contribution is -0.165. The number of ether oxygens (including phenoxy) is 2. The average Bonchev–Trinajstić information content (AvgIpc) is 2.12. The Morgan fingerprint density at radius 1 is 1.50 bits per heavy atom. The minimum Gasteiger partial charge on any atom is -0.433 e. The highest BCUT2D eigenvalue weighted by Crippen LogP contribution is 2.00. The van der Waals surface area contributed by atoms with E-state index in [4.69, 9.17) is 4.74 Å². The standard InChI is InChI=1S/C10H17O4/c1-4-6-13-7-5-9(11)14-10(12)8(2)3/h9,11H,1-2,4-7H2,3H3. The number of hydrogen-bond donors (Lipinski definition) is 1. The summed E-state index contributed by atoms with van der Waals surface area (Å²) in [6.45, 7) is 9.39. The molecule has 1 unspecified atom stereocenters. The molecule has 0 aliphatic rings. The molecule has 0 aliphatic heterocycles. The quantitative estimate of drug-likeness (QED) is 0.289. The smallest absolute Gasteiger partial charge is 0.335 e. The lowest BCUT2D eigenvalue weighted by Gasteiger charge is -2.11. The molecule has 1 N–H and O–H groups in total. The summed E-state index contributed by atoms with van der Waals surface area (Å²) < 4.78 is 9.67. The van der Waals surface area contributed by atoms with E-state index in [1.807, 2.05) is 0 Å². The third-order valence-corrected chi connectivity index (χ3v) is 1.39. The van der Waals surface area contributed by atoms with E-state index < -0.39 is 12.3 Å². The number of carbonyl (C=O) groups is 1. The first-order valence-electron chi connectivity index (χ1n) is 4.49. The number of hydrogen-bond acceptors (Lipinski definition) is 4. The van der Waals surface area contributed by atoms with E-state index in [1.54, 1.807) is 0 Å². The molecule has 0 spiro atoms. The first-order valence-corrected chi connectivity index (χ1v) is 4.49. The minimum absolute atomic E-state index is 0.263. The van der Waals surface area contributed by atoms with Crippen LogP contribution in [-0.4, -0.2) is 30.6 Å². The maximum absolute atomic E-state index is 10.9. The summed E-state index contributed by atoms with van der Waals surface area (Å²) in [4.78, 5) is 10.9. The van der Waals surface area contributed by atoms with Gasteiger partial charge >= 0.3 is 5.97 Å². The Labute approximate surface area is 84.5 Å². The van der Waals surface area contributed by atoms with E-state index in [9.17, 15) is 9.90 Å². The van der Waals surface area contributed by atoms with E-state index in [0.29, 0.717) is 19.6 Å². The Morgan fingerprint density at radius 3 is 2.64 bits per heavy atom. The zero-order chi connectivity index (χ0) is 11.0. The molecule has 0 heterocycles. The van der Waals surface area contributed by atoms with Gasteiger partial charge in [0.05, 0.1) is 6.61 Å². The molecule has 4 nitrogen and oxygen atoms in total. The number of aliphatic hydroxyl groups is 1. The summed E-state index contributed by atoms with van der Waals surface area (Å²) >= 11 is 0. The van der Waals surface area contributed by atoms with Crippen LogP contribution < -0.4 is 0 Å². The zero-order valence-corrected chi connectivity index (χ0v) is 8.49. The van der Waals surface area contributed by atoms with Crippen molar-refractivity contribution in [3.63, 3.8) is 0 Å². The number of aliphatic hydroxyl groups excluding tert-OH is 1. The zero-order valence-electron chi connectivity index (χ0n) is 8.49. The molecule has 0 amide bonds. The summed E-state index contributed by atoms with van der Waals surface area (Å²) in [7, 11) is 0. The third-order valence-electron chi connectivity index (χ3n) is 1.39. The topological polar surface area (TPSA) is 55.8 Å². The van der Waals surface area contributed by atoms with E-state index in [2.05, 4.69) is 18.2 Å². The summed E-state index contributed by atoms with van der Waals surface area (Å²) in [5.74, 6) is -0.588. The van der Waals surface area contributed by atoms with E-state index in [1.165, 1.54) is 6.92 Å². The molecule has 0 rings (SSSR count). The highest BCUT2D eigenvalue weighted by molar-refractivity contribution is 5.86. The minimum atomic E-state index is -1.12. The Hall–Kier alpha value is -0.870. The van der Waals surface area contributed by atoms with Gasteiger partial charge in [0.2, 0.25) is 6.29 Å². The molecule has 0 bridgehead atoms. The number of carbonyl (C=O) groups excluding carboxylic acids is 1. The van der Waals surface area contributed by atoms with Gasteiger partial charge in [0.15, 0.2) is 0 Å². The number of esters is 1. The van der Waals surface area contributed by atoms with Crippen molar-refractivity contribution in [3.8, 4) is 0 Å². The number of rotatable bonds is 7. The third kappa shape index (κ3) is 6.62. The van der Waals surface area contributed by atoms with Gasteiger partial charge in [-0.3, -0.25) is 0 Å². The van der Waals surface area contributed by atoms with Crippen molar-refractivity contribution in [1.82, 2.24) is 0 Å². The van der Waals surface area contributed by atoms with Crippen LogP contribution >= 0.6 is 0 Å². The highest BCUT2D eigenvalue weighted by atomic mass is 16.6. The van der Waals surface area contributed by atoms with E-state index in [0.717, 1.165) is 0 Å². The van der Waals surface area contributed by atoms with Crippen LogP contribution in [0.4, 0.5) is 0 Å². The summed E-state index contributed by atoms with van der Waals surface area (Å²) in [5.41, 5.74) is 0.266. The van der Waals surface area contributed by atoms with Gasteiger partial charge in [-0.25, -0.2) is 4.79 Å². The molecule has 0 fully saturated rings. The molecule has 0 aromatic carbocycles. The molecule has 4 heteroatoms. The van der Waals surface area contributed by atoms with Gasteiger partial charge in [0.25, 0.3) is 0 Å². The monoisotopic (exact) mass is 201 g/mol. The molecule has 0 aliphatic carbocycles. The van der Waals surface area contributed by atoms with Crippen LogP contribution in [0.1, 0.15) is 19.8 Å². The maximum Gasteiger partial charge on any atom is 0.335 e. The normalized spacial score (nSPS) is 12.2. The lowest BCUT2D eigenvalue weighted by Crippen LogP contribution is -2.19. The SMILES string of the molecule is [CH2]CCOCCC(O)OC(=O)C(=C)C. The van der Waals surface area contributed by atoms with Crippen LogP contribution in [0.5, 0.6) is 0 Å². The van der Waals surface area contributed by atoms with Gasteiger partial charge in [-0.2, -0.15) is 0 Å². The Morgan fingerprint density at radius 2 is 2.14 bits per heavy atom. The molecular weight excluding hydrogens is 184 g/mol. The van der Waals surface area contributed by atoms with Gasteiger partial charge in [-0.15, -0.1) is 0 Å².